The van der Waals surface area contributed by atoms with Gasteiger partial charge in [0.05, 0.1) is 11.2 Å². The first kappa shape index (κ1) is 13.3. The van der Waals surface area contributed by atoms with Gasteiger partial charge in [-0.2, -0.15) is 0 Å². The molecule has 0 aromatic carbocycles. The molecule has 1 fully saturated rings. The number of fused-ring (bicyclic) bond motifs is 1. The van der Waals surface area contributed by atoms with Gasteiger partial charge in [0.2, 0.25) is 5.91 Å². The van der Waals surface area contributed by atoms with Crippen LogP contribution >= 0.6 is 15.9 Å². The van der Waals surface area contributed by atoms with E-state index in [2.05, 4.69) is 30.8 Å². The van der Waals surface area contributed by atoms with Crippen LogP contribution in [-0.2, 0) is 4.79 Å². The SMILES string of the molecule is CC(=O)N1CCN(c2ccnc3cc(Br)cnc23)CC1. The first-order valence-corrected chi connectivity index (χ1v) is 7.35. The van der Waals surface area contributed by atoms with Crippen LogP contribution in [0.15, 0.2) is 29.0 Å². The summed E-state index contributed by atoms with van der Waals surface area (Å²) in [5, 5.41) is 0. The van der Waals surface area contributed by atoms with Crippen LogP contribution in [-0.4, -0.2) is 47.0 Å². The lowest BCUT2D eigenvalue weighted by molar-refractivity contribution is -0.129. The molecule has 0 bridgehead atoms. The Morgan fingerprint density at radius 3 is 2.70 bits per heavy atom. The highest BCUT2D eigenvalue weighted by Crippen LogP contribution is 2.26. The minimum absolute atomic E-state index is 0.145. The molecule has 1 amide bonds. The first-order chi connectivity index (χ1) is 9.65. The molecule has 104 valence electrons. The number of nitrogens with zero attached hydrogens (tertiary/aromatic N) is 4. The van der Waals surface area contributed by atoms with Crippen LogP contribution in [0, 0.1) is 0 Å². The van der Waals surface area contributed by atoms with E-state index >= 15 is 0 Å². The average Bonchev–Trinajstić information content (AvgIpc) is 2.46. The third kappa shape index (κ3) is 2.47. The molecule has 1 aliphatic heterocycles. The second-order valence-electron chi connectivity index (χ2n) is 4.84. The van der Waals surface area contributed by atoms with Crippen LogP contribution in [0.1, 0.15) is 6.92 Å². The number of aromatic nitrogens is 2. The van der Waals surface area contributed by atoms with Crippen molar-refractivity contribution in [3.05, 3.63) is 29.0 Å². The molecule has 1 aliphatic rings. The van der Waals surface area contributed by atoms with Gasteiger partial charge < -0.3 is 9.80 Å². The highest BCUT2D eigenvalue weighted by atomic mass is 79.9. The van der Waals surface area contributed by atoms with E-state index in [1.54, 1.807) is 13.1 Å². The summed E-state index contributed by atoms with van der Waals surface area (Å²) >= 11 is 3.42. The minimum Gasteiger partial charge on any atom is -0.366 e. The quantitative estimate of drug-likeness (QED) is 0.801. The van der Waals surface area contributed by atoms with E-state index < -0.39 is 0 Å². The Kier molecular flexibility index (Phi) is 3.56. The zero-order chi connectivity index (χ0) is 14.1. The molecule has 20 heavy (non-hydrogen) atoms. The molecule has 0 radical (unpaired) electrons. The fourth-order valence-corrected chi connectivity index (χ4v) is 2.83. The van der Waals surface area contributed by atoms with Crippen LogP contribution in [0.25, 0.3) is 11.0 Å². The lowest BCUT2D eigenvalue weighted by atomic mass is 10.2. The maximum absolute atomic E-state index is 11.4. The van der Waals surface area contributed by atoms with Crippen molar-refractivity contribution in [2.45, 2.75) is 6.92 Å². The van der Waals surface area contributed by atoms with Crippen molar-refractivity contribution < 1.29 is 4.79 Å². The number of carbonyl (C=O) groups excluding carboxylic acids is 1. The van der Waals surface area contributed by atoms with Crippen molar-refractivity contribution in [3.63, 3.8) is 0 Å². The lowest BCUT2D eigenvalue weighted by Crippen LogP contribution is -2.48. The molecule has 3 heterocycles. The average molecular weight is 335 g/mol. The first-order valence-electron chi connectivity index (χ1n) is 6.56. The molecular weight excluding hydrogens is 320 g/mol. The second-order valence-corrected chi connectivity index (χ2v) is 5.76. The van der Waals surface area contributed by atoms with Crippen LogP contribution in [0.4, 0.5) is 5.69 Å². The molecule has 0 aliphatic carbocycles. The van der Waals surface area contributed by atoms with Crippen molar-refractivity contribution in [3.8, 4) is 0 Å². The number of halogens is 1. The maximum atomic E-state index is 11.4. The summed E-state index contributed by atoms with van der Waals surface area (Å²) in [4.78, 5) is 24.4. The highest BCUT2D eigenvalue weighted by Gasteiger charge is 2.20. The summed E-state index contributed by atoms with van der Waals surface area (Å²) in [6.45, 7) is 4.80. The second kappa shape index (κ2) is 5.36. The molecule has 2 aromatic rings. The van der Waals surface area contributed by atoms with Crippen LogP contribution in [0.3, 0.4) is 0 Å². The van der Waals surface area contributed by atoms with Crippen molar-refractivity contribution in [2.24, 2.45) is 0 Å². The number of carbonyl (C=O) groups is 1. The molecule has 0 N–H and O–H groups in total. The van der Waals surface area contributed by atoms with Crippen LogP contribution < -0.4 is 4.90 Å². The molecule has 0 atom stereocenters. The Bertz CT molecular complexity index is 653. The topological polar surface area (TPSA) is 49.3 Å². The fraction of sp³-hybridized carbons (Fsp3) is 0.357. The normalized spacial score (nSPS) is 15.7. The summed E-state index contributed by atoms with van der Waals surface area (Å²) in [5.41, 5.74) is 2.88. The molecule has 0 spiro atoms. The number of hydrogen-bond acceptors (Lipinski definition) is 4. The largest absolute Gasteiger partial charge is 0.366 e. The van der Waals surface area contributed by atoms with Crippen molar-refractivity contribution in [2.75, 3.05) is 31.1 Å². The van der Waals surface area contributed by atoms with Crippen LogP contribution in [0.2, 0.25) is 0 Å². The third-order valence-corrected chi connectivity index (χ3v) is 4.02. The Morgan fingerprint density at radius 2 is 2.00 bits per heavy atom. The van der Waals surface area contributed by atoms with E-state index in [0.717, 1.165) is 47.4 Å². The summed E-state index contributed by atoms with van der Waals surface area (Å²) in [6, 6.07) is 3.96. The van der Waals surface area contributed by atoms with Gasteiger partial charge in [0.1, 0.15) is 5.52 Å². The van der Waals surface area contributed by atoms with Gasteiger partial charge >= 0.3 is 0 Å². The standard InChI is InChI=1S/C14H15BrN4O/c1-10(20)18-4-6-19(7-5-18)13-2-3-16-12-8-11(15)9-17-14(12)13/h2-3,8-9H,4-7H2,1H3. The Labute approximate surface area is 125 Å². The minimum atomic E-state index is 0.145. The molecule has 5 nitrogen and oxygen atoms in total. The van der Waals surface area contributed by atoms with E-state index in [9.17, 15) is 4.79 Å². The van der Waals surface area contributed by atoms with Crippen molar-refractivity contribution in [1.29, 1.82) is 0 Å². The number of amides is 1. The maximum Gasteiger partial charge on any atom is 0.219 e. The fourth-order valence-electron chi connectivity index (χ4n) is 2.51. The number of piperazine rings is 1. The van der Waals surface area contributed by atoms with Gasteiger partial charge in [-0.1, -0.05) is 0 Å². The number of hydrogen-bond donors (Lipinski definition) is 0. The van der Waals surface area contributed by atoms with Gasteiger partial charge in [0.15, 0.2) is 0 Å². The van der Waals surface area contributed by atoms with Gasteiger partial charge in [-0.25, -0.2) is 0 Å². The summed E-state index contributed by atoms with van der Waals surface area (Å²) in [6.07, 6.45) is 3.60. The van der Waals surface area contributed by atoms with Crippen LogP contribution in [0.5, 0.6) is 0 Å². The number of anilines is 1. The van der Waals surface area contributed by atoms with Gasteiger partial charge in [-0.15, -0.1) is 0 Å². The Morgan fingerprint density at radius 1 is 1.25 bits per heavy atom. The van der Waals surface area contributed by atoms with E-state index in [1.165, 1.54) is 0 Å². The molecule has 2 aromatic heterocycles. The smallest absolute Gasteiger partial charge is 0.219 e. The zero-order valence-corrected chi connectivity index (χ0v) is 12.8. The molecule has 6 heteroatoms. The predicted molar refractivity (Wildman–Crippen MR) is 81.7 cm³/mol. The lowest BCUT2D eigenvalue weighted by Gasteiger charge is -2.35. The Balaban J connectivity index is 1.90. The Hall–Kier alpha value is -1.69. The number of pyridine rings is 2. The summed E-state index contributed by atoms with van der Waals surface area (Å²) in [7, 11) is 0. The molecule has 3 rings (SSSR count). The van der Waals surface area contributed by atoms with E-state index in [0.29, 0.717) is 0 Å². The zero-order valence-electron chi connectivity index (χ0n) is 11.2. The van der Waals surface area contributed by atoms with Gasteiger partial charge in [0.25, 0.3) is 0 Å². The summed E-state index contributed by atoms with van der Waals surface area (Å²) < 4.78 is 0.927. The predicted octanol–water partition coefficient (Wildman–Crippen LogP) is 2.06. The van der Waals surface area contributed by atoms with Gasteiger partial charge in [0, 0.05) is 50.0 Å². The highest BCUT2D eigenvalue weighted by molar-refractivity contribution is 9.10. The molecule has 0 unspecified atom stereocenters. The van der Waals surface area contributed by atoms with E-state index in [-0.39, 0.29) is 5.91 Å². The third-order valence-electron chi connectivity index (χ3n) is 3.59. The summed E-state index contributed by atoms with van der Waals surface area (Å²) in [5.74, 6) is 0.145. The molecule has 1 saturated heterocycles. The monoisotopic (exact) mass is 334 g/mol. The van der Waals surface area contributed by atoms with Crippen molar-refractivity contribution in [1.82, 2.24) is 14.9 Å². The molecular formula is C14H15BrN4O. The van der Waals surface area contributed by atoms with Gasteiger partial charge in [-0.05, 0) is 28.1 Å². The van der Waals surface area contributed by atoms with E-state index in [1.807, 2.05) is 23.2 Å². The van der Waals surface area contributed by atoms with Crippen molar-refractivity contribution >= 4 is 38.6 Å². The van der Waals surface area contributed by atoms with E-state index in [4.69, 9.17) is 0 Å². The number of rotatable bonds is 1. The molecule has 0 saturated carbocycles. The van der Waals surface area contributed by atoms with Gasteiger partial charge in [-0.3, -0.25) is 14.8 Å².